The van der Waals surface area contributed by atoms with Crippen molar-refractivity contribution in [1.29, 1.82) is 0 Å². The van der Waals surface area contributed by atoms with Gasteiger partial charge in [0.15, 0.2) is 0 Å². The van der Waals surface area contributed by atoms with E-state index in [4.69, 9.17) is 32.4 Å². The molecule has 105 heavy (non-hydrogen) atoms. The number of pyridine rings is 4. The third kappa shape index (κ3) is 18.8. The number of hydrogen-bond acceptors (Lipinski definition) is 6. The standard InChI is InChI=1S/C23H24N2.C22H23N.C21H22N2.C21H21N.C11H17N/c1-5-19-18(23(2,3)4)14-15-22(24-19)25-20-12-8-6-10-16(20)17-11-7-9-13-21(17)25;1-16-10-12-18(13-11-16)20-15-23-14-19(21(20)22(2,3)4)17-8-6-5-7-9-17;1-15-10-12-17(13-11-15)20-18(21(2,3)4)19(22-14-23-20)16-8-6-5-7-9-16;1-21(2,3)20-18(16-9-5-4-6-10-16)12-7-13-19(20)17-11-8-14-22-15-17;1-8-6-7-10(9(2)12-8)11(3,4)5/h6-15H,5H2,1-4H3;5-15H,1-4H3;5-14H,1-4H3;4-15H,1-3H3;6-7H,1-5H3/i5D2;2*5D,6D,7D,8D,9D,10D,11D,12D,13D;;. The van der Waals surface area contributed by atoms with Crippen molar-refractivity contribution >= 4 is 21.8 Å². The molecule has 0 aliphatic carbocycles. The molecule has 14 rings (SSSR count). The molecule has 0 aliphatic rings. The van der Waals surface area contributed by atoms with Crippen LogP contribution in [-0.4, -0.2) is 34.5 Å². The first-order chi connectivity index (χ1) is 58.1. The first-order valence-electron chi connectivity index (χ1n) is 45.3. The lowest BCUT2D eigenvalue weighted by Crippen LogP contribution is -2.16. The predicted molar refractivity (Wildman–Crippen MR) is 448 cm³/mol. The highest BCUT2D eigenvalue weighted by Crippen LogP contribution is 2.43. The van der Waals surface area contributed by atoms with Crippen LogP contribution in [-0.2, 0) is 33.4 Å². The Labute approximate surface area is 655 Å². The average Bonchev–Trinajstić information content (AvgIpc) is 1.67. The van der Waals surface area contributed by atoms with E-state index in [0.29, 0.717) is 27.9 Å². The maximum Gasteiger partial charge on any atom is 0.137 e. The lowest BCUT2D eigenvalue weighted by atomic mass is 9.77. The molecule has 14 aromatic rings. The highest BCUT2D eigenvalue weighted by molar-refractivity contribution is 6.09. The Hall–Kier alpha value is -10.8. The highest BCUT2D eigenvalue weighted by Gasteiger charge is 2.28. The summed E-state index contributed by atoms with van der Waals surface area (Å²) in [6, 6.07) is 40.0. The van der Waals surface area contributed by atoms with Crippen molar-refractivity contribution < 1.29 is 27.4 Å². The highest BCUT2D eigenvalue weighted by atomic mass is 15.1. The zero-order valence-corrected chi connectivity index (χ0v) is 64.2. The van der Waals surface area contributed by atoms with E-state index in [2.05, 4.69) is 190 Å². The maximum absolute atomic E-state index is 8.49. The van der Waals surface area contributed by atoms with Gasteiger partial charge < -0.3 is 0 Å². The zero-order valence-electron chi connectivity index (χ0n) is 84.2. The molecule has 7 nitrogen and oxygen atoms in total. The third-order valence-corrected chi connectivity index (χ3v) is 17.4. The molecule has 0 bridgehead atoms. The predicted octanol–water partition coefficient (Wildman–Crippen LogP) is 26.2. The van der Waals surface area contributed by atoms with Crippen molar-refractivity contribution in [2.75, 3.05) is 0 Å². The van der Waals surface area contributed by atoms with Gasteiger partial charge in [-0.25, -0.2) is 15.0 Å². The smallest absolute Gasteiger partial charge is 0.137 e. The quantitative estimate of drug-likeness (QED) is 0.151. The summed E-state index contributed by atoms with van der Waals surface area (Å²) in [6.45, 7) is 39.5. The number of rotatable bonds is 8. The molecule has 8 aromatic carbocycles. The van der Waals surface area contributed by atoms with Crippen molar-refractivity contribution in [3.8, 4) is 72.8 Å². The van der Waals surface area contributed by atoms with E-state index < -0.39 is 65.5 Å². The van der Waals surface area contributed by atoms with Crippen LogP contribution < -0.4 is 0 Å². The van der Waals surface area contributed by atoms with Crippen LogP contribution in [0.25, 0.3) is 94.6 Å². The van der Waals surface area contributed by atoms with Crippen LogP contribution in [0.4, 0.5) is 0 Å². The van der Waals surface area contributed by atoms with Crippen LogP contribution in [0.3, 0.4) is 0 Å². The van der Waals surface area contributed by atoms with Gasteiger partial charge in [0.05, 0.1) is 47.1 Å². The van der Waals surface area contributed by atoms with Gasteiger partial charge >= 0.3 is 0 Å². The normalized spacial score (nSPS) is 14.5. The van der Waals surface area contributed by atoms with Gasteiger partial charge in [0, 0.05) is 88.8 Å². The van der Waals surface area contributed by atoms with Crippen molar-refractivity contribution in [2.45, 2.75) is 172 Å². The summed E-state index contributed by atoms with van der Waals surface area (Å²) in [5.41, 5.74) is 14.4. The topological polar surface area (TPSA) is 82.3 Å². The monoisotopic (exact) mass is 1400 g/mol. The lowest BCUT2D eigenvalue weighted by Gasteiger charge is -2.27. The van der Waals surface area contributed by atoms with E-state index in [9.17, 15) is 0 Å². The van der Waals surface area contributed by atoms with E-state index in [1.807, 2.05) is 103 Å². The number of aryl methyl sites for hydroxylation is 3. The van der Waals surface area contributed by atoms with Gasteiger partial charge in [-0.15, -0.1) is 0 Å². The summed E-state index contributed by atoms with van der Waals surface area (Å²) >= 11 is 0. The van der Waals surface area contributed by atoms with E-state index in [1.54, 1.807) is 6.92 Å². The molecule has 0 atom stereocenters. The summed E-state index contributed by atoms with van der Waals surface area (Å²) in [5.74, 6) is 0.751. The van der Waals surface area contributed by atoms with Gasteiger partial charge in [-0.2, -0.15) is 0 Å². The van der Waals surface area contributed by atoms with E-state index in [1.165, 1.54) is 70.4 Å². The number of aromatic nitrogens is 7. The molecule has 0 unspecified atom stereocenters. The van der Waals surface area contributed by atoms with Crippen LogP contribution in [0.1, 0.15) is 194 Å². The fourth-order valence-electron chi connectivity index (χ4n) is 12.9. The van der Waals surface area contributed by atoms with E-state index >= 15 is 0 Å². The van der Waals surface area contributed by atoms with E-state index in [0.717, 1.165) is 40.1 Å². The third-order valence-electron chi connectivity index (χ3n) is 17.4. The fraction of sp³-hybridized carbons (Fsp3) is 0.265. The largest absolute Gasteiger partial charge is 0.294 e. The molecule has 0 saturated heterocycles. The number of hydrogen-bond donors (Lipinski definition) is 0. The molecule has 0 N–H and O–H groups in total. The Kier molecular flexibility index (Phi) is 16.9. The molecule has 0 spiro atoms. The number of benzene rings is 8. The summed E-state index contributed by atoms with van der Waals surface area (Å²) < 4.78 is 167. The molecular formula is C98H107N7. The van der Waals surface area contributed by atoms with Gasteiger partial charge in [0.1, 0.15) is 12.1 Å². The van der Waals surface area contributed by atoms with Crippen LogP contribution in [0.2, 0.25) is 0 Å². The van der Waals surface area contributed by atoms with Gasteiger partial charge in [0.25, 0.3) is 0 Å². The molecule has 0 radical (unpaired) electrons. The molecule has 7 heteroatoms. The second-order valence-corrected chi connectivity index (χ2v) is 30.9. The number of para-hydroxylation sites is 2. The molecule has 0 aliphatic heterocycles. The van der Waals surface area contributed by atoms with Gasteiger partial charge in [-0.05, 0) is 142 Å². The molecule has 6 aromatic heterocycles. The first-order valence-corrected chi connectivity index (χ1v) is 35.3. The fourth-order valence-corrected chi connectivity index (χ4v) is 12.9. The minimum absolute atomic E-state index is 0.0161. The second-order valence-electron chi connectivity index (χ2n) is 30.9. The van der Waals surface area contributed by atoms with Gasteiger partial charge in [-0.3, -0.25) is 19.5 Å². The van der Waals surface area contributed by atoms with E-state index in [-0.39, 0.29) is 121 Å². The second kappa shape index (κ2) is 32.9. The molecule has 6 heterocycles. The Bertz CT molecular complexity index is 5850. The zero-order chi connectivity index (χ0) is 92.9. The van der Waals surface area contributed by atoms with Crippen LogP contribution >= 0.6 is 0 Å². The number of fused-ring (bicyclic) bond motifs is 3. The lowest BCUT2D eigenvalue weighted by molar-refractivity contribution is 0.578. The van der Waals surface area contributed by atoms with Crippen LogP contribution in [0.5, 0.6) is 0 Å². The molecule has 0 amide bonds. The Morgan fingerprint density at radius 2 is 0.810 bits per heavy atom. The van der Waals surface area contributed by atoms with Crippen molar-refractivity contribution in [1.82, 2.24) is 34.5 Å². The summed E-state index contributed by atoms with van der Waals surface area (Å²) in [7, 11) is 0. The van der Waals surface area contributed by atoms with Crippen LogP contribution in [0, 0.1) is 27.7 Å². The Morgan fingerprint density at radius 3 is 1.30 bits per heavy atom. The summed E-state index contributed by atoms with van der Waals surface area (Å²) in [6.07, 6.45) is 6.26. The SMILES string of the molecule is CC(C)(C)c1c(-c2ccccc2)cccc1-c1cccnc1.Cc1ccc(C(C)(C)C)c(C)n1.[2H]C([2H])(C)c1nc(-n2c3ccccc3c3ccccc32)ccc1C(C)(C)C.[2H]c1c([2H])c([2H])c(-c2cncc(-c3c([2H])c([2H])c(C)c([2H])c3[2H])c2C(C)(C)C)c([2H])c1[2H].[2H]c1c([2H])c([2H])c(-c2ncnc(-c3c([2H])c([2H])c(C)c([2H])c3[2H])c2C(C)(C)C)c([2H])c1[2H]. The Morgan fingerprint density at radius 1 is 0.362 bits per heavy atom. The van der Waals surface area contributed by atoms with Crippen molar-refractivity contribution in [3.63, 3.8) is 0 Å². The molecular weight excluding hydrogens is 1280 g/mol. The maximum atomic E-state index is 8.49. The summed E-state index contributed by atoms with van der Waals surface area (Å²) in [5, 5.41) is 2.35. The molecule has 534 valence electrons. The van der Waals surface area contributed by atoms with Crippen molar-refractivity contribution in [3.05, 3.63) is 329 Å². The van der Waals surface area contributed by atoms with Crippen molar-refractivity contribution in [2.24, 2.45) is 0 Å². The minimum Gasteiger partial charge on any atom is -0.294 e. The average molecular weight is 1400 g/mol. The Balaban J connectivity index is 0.000000168. The molecule has 0 saturated carbocycles. The minimum atomic E-state index is -1.52. The van der Waals surface area contributed by atoms with Crippen LogP contribution in [0.15, 0.2) is 273 Å². The summed E-state index contributed by atoms with van der Waals surface area (Å²) in [4.78, 5) is 26.3. The van der Waals surface area contributed by atoms with Gasteiger partial charge in [0.2, 0.25) is 0 Å². The van der Waals surface area contributed by atoms with Gasteiger partial charge in [-0.1, -0.05) is 334 Å². The molecule has 0 fully saturated rings. The first kappa shape index (κ1) is 53.9. The number of nitrogens with zero attached hydrogens (tertiary/aromatic N) is 7.